The topological polar surface area (TPSA) is 126 Å². The van der Waals surface area contributed by atoms with Crippen LogP contribution in [0, 0.1) is 6.92 Å². The van der Waals surface area contributed by atoms with E-state index in [0.717, 1.165) is 4.31 Å². The number of methoxy groups -OCH3 is 1. The normalized spacial score (nSPS) is 13.8. The van der Waals surface area contributed by atoms with E-state index in [1.54, 1.807) is 36.2 Å². The first-order chi connectivity index (χ1) is 18.7. The molecule has 10 nitrogen and oxygen atoms in total. The fourth-order valence-electron chi connectivity index (χ4n) is 4.27. The number of carbonyl (C=O) groups excluding carboxylic acids is 1. The van der Waals surface area contributed by atoms with Crippen LogP contribution in [0.2, 0.25) is 0 Å². The molecule has 1 fully saturated rings. The van der Waals surface area contributed by atoms with E-state index >= 15 is 0 Å². The average Bonchev–Trinajstić information content (AvgIpc) is 2.95. The smallest absolute Gasteiger partial charge is 0.337 e. The number of aromatic nitrogens is 1. The number of hydrogen-bond acceptors (Lipinski definition) is 7. The highest BCUT2D eigenvalue weighted by Crippen LogP contribution is 2.34. The van der Waals surface area contributed by atoms with Crippen LogP contribution in [0.15, 0.2) is 71.9 Å². The van der Waals surface area contributed by atoms with E-state index in [2.05, 4.69) is 4.98 Å². The lowest BCUT2D eigenvalue weighted by Gasteiger charge is -2.28. The Hall–Kier alpha value is -4.22. The molecule has 1 saturated heterocycles. The summed E-state index contributed by atoms with van der Waals surface area (Å²) in [5, 5.41) is 10.2. The van der Waals surface area contributed by atoms with Gasteiger partial charge < -0.3 is 19.5 Å². The number of ether oxygens (including phenoxy) is 2. The van der Waals surface area contributed by atoms with Crippen molar-refractivity contribution in [3.05, 3.63) is 89.3 Å². The number of rotatable bonds is 9. The molecule has 0 radical (unpaired) electrons. The predicted octanol–water partition coefficient (Wildman–Crippen LogP) is 3.36. The third-order valence-electron chi connectivity index (χ3n) is 6.24. The van der Waals surface area contributed by atoms with Crippen molar-refractivity contribution in [2.75, 3.05) is 37.7 Å². The number of amides is 1. The van der Waals surface area contributed by atoms with Crippen LogP contribution in [0.5, 0.6) is 5.75 Å². The first kappa shape index (κ1) is 27.8. The zero-order valence-corrected chi connectivity index (χ0v) is 22.4. The summed E-state index contributed by atoms with van der Waals surface area (Å²) in [6, 6.07) is 12.3. The molecule has 2 aromatic carbocycles. The van der Waals surface area contributed by atoms with Gasteiger partial charge in [0.1, 0.15) is 5.75 Å². The summed E-state index contributed by atoms with van der Waals surface area (Å²) in [5.74, 6) is -1.03. The second-order valence-electron chi connectivity index (χ2n) is 8.86. The lowest BCUT2D eigenvalue weighted by molar-refractivity contribution is -0.129. The molecule has 0 bridgehead atoms. The maximum Gasteiger partial charge on any atom is 0.337 e. The SMILES string of the molecule is COc1ccc(S(=O)(=O)N(Cc2cccnc2)c2c(C)cc(C=CC(=O)N3CCOCC3)cc2C(=O)O)cc1. The number of aromatic carboxylic acids is 1. The molecule has 1 aromatic heterocycles. The molecule has 4 rings (SSSR count). The zero-order valence-electron chi connectivity index (χ0n) is 21.6. The van der Waals surface area contributed by atoms with E-state index in [-0.39, 0.29) is 28.6 Å². The fourth-order valence-corrected chi connectivity index (χ4v) is 5.81. The Morgan fingerprint density at radius 3 is 2.49 bits per heavy atom. The lowest BCUT2D eigenvalue weighted by Crippen LogP contribution is -2.39. The van der Waals surface area contributed by atoms with Crippen molar-refractivity contribution in [2.24, 2.45) is 0 Å². The van der Waals surface area contributed by atoms with E-state index in [4.69, 9.17) is 9.47 Å². The molecular formula is C28H29N3O7S. The van der Waals surface area contributed by atoms with Crippen molar-refractivity contribution < 1.29 is 32.6 Å². The molecule has 0 saturated carbocycles. The first-order valence-electron chi connectivity index (χ1n) is 12.2. The second kappa shape index (κ2) is 12.1. The molecule has 0 aliphatic carbocycles. The first-order valence-corrected chi connectivity index (χ1v) is 13.6. The summed E-state index contributed by atoms with van der Waals surface area (Å²) in [6.45, 7) is 3.39. The Morgan fingerprint density at radius 2 is 1.87 bits per heavy atom. The second-order valence-corrected chi connectivity index (χ2v) is 10.7. The standard InChI is InChI=1S/C28H29N3O7S/c1-20-16-21(5-10-26(32)30-12-14-38-15-13-30)17-25(28(33)34)27(20)31(19-22-4-3-11-29-18-22)39(35,36)24-8-6-23(37-2)7-9-24/h3-11,16-18H,12-15,19H2,1-2H3,(H,33,34). The number of benzene rings is 2. The van der Waals surface area contributed by atoms with Crippen LogP contribution < -0.4 is 9.04 Å². The van der Waals surface area contributed by atoms with Gasteiger partial charge in [0.05, 0.1) is 43.0 Å². The minimum absolute atomic E-state index is 0.0250. The maximum absolute atomic E-state index is 13.9. The molecule has 0 unspecified atom stereocenters. The van der Waals surface area contributed by atoms with Gasteiger partial charge in [0.25, 0.3) is 10.0 Å². The number of morpholine rings is 1. The van der Waals surface area contributed by atoms with Crippen LogP contribution in [0.4, 0.5) is 5.69 Å². The third kappa shape index (κ3) is 6.44. The Balaban J connectivity index is 1.78. The van der Waals surface area contributed by atoms with Gasteiger partial charge in [-0.1, -0.05) is 6.07 Å². The van der Waals surface area contributed by atoms with Gasteiger partial charge in [-0.05, 0) is 72.2 Å². The van der Waals surface area contributed by atoms with Crippen LogP contribution in [0.3, 0.4) is 0 Å². The number of nitrogens with zero attached hydrogens (tertiary/aromatic N) is 3. The van der Waals surface area contributed by atoms with Crippen molar-refractivity contribution in [3.8, 4) is 5.75 Å². The van der Waals surface area contributed by atoms with Crippen molar-refractivity contribution in [2.45, 2.75) is 18.4 Å². The number of anilines is 1. The maximum atomic E-state index is 13.9. The molecule has 1 N–H and O–H groups in total. The van der Waals surface area contributed by atoms with Crippen molar-refractivity contribution >= 4 is 33.7 Å². The summed E-state index contributed by atoms with van der Waals surface area (Å²) in [7, 11) is -2.74. The van der Waals surface area contributed by atoms with Gasteiger partial charge in [-0.25, -0.2) is 13.2 Å². The highest BCUT2D eigenvalue weighted by atomic mass is 32.2. The van der Waals surface area contributed by atoms with Gasteiger partial charge in [-0.3, -0.25) is 14.1 Å². The number of pyridine rings is 1. The molecular weight excluding hydrogens is 522 g/mol. The van der Waals surface area contributed by atoms with Gasteiger partial charge in [-0.2, -0.15) is 0 Å². The molecule has 1 aliphatic heterocycles. The van der Waals surface area contributed by atoms with Gasteiger partial charge in [-0.15, -0.1) is 0 Å². The predicted molar refractivity (Wildman–Crippen MR) is 145 cm³/mol. The van der Waals surface area contributed by atoms with Crippen LogP contribution in [0.25, 0.3) is 6.08 Å². The largest absolute Gasteiger partial charge is 0.497 e. The molecule has 39 heavy (non-hydrogen) atoms. The average molecular weight is 552 g/mol. The summed E-state index contributed by atoms with van der Waals surface area (Å²) >= 11 is 0. The van der Waals surface area contributed by atoms with Crippen molar-refractivity contribution in [1.29, 1.82) is 0 Å². The Labute approximate surface area is 227 Å². The van der Waals surface area contributed by atoms with Gasteiger partial charge in [0, 0.05) is 31.6 Å². The van der Waals surface area contributed by atoms with Crippen molar-refractivity contribution in [3.63, 3.8) is 0 Å². The molecule has 1 amide bonds. The van der Waals surface area contributed by atoms with Crippen LogP contribution in [-0.2, 0) is 26.1 Å². The molecule has 1 aliphatic rings. The molecule has 2 heterocycles. The fraction of sp³-hybridized carbons (Fsp3) is 0.250. The summed E-state index contributed by atoms with van der Waals surface area (Å²) in [4.78, 5) is 30.7. The minimum atomic E-state index is -4.21. The monoisotopic (exact) mass is 551 g/mol. The zero-order chi connectivity index (χ0) is 28.0. The Morgan fingerprint density at radius 1 is 1.15 bits per heavy atom. The van der Waals surface area contributed by atoms with E-state index < -0.39 is 16.0 Å². The molecule has 3 aromatic rings. The van der Waals surface area contributed by atoms with Gasteiger partial charge >= 0.3 is 5.97 Å². The van der Waals surface area contributed by atoms with Crippen molar-refractivity contribution in [1.82, 2.24) is 9.88 Å². The number of carbonyl (C=O) groups is 2. The number of sulfonamides is 1. The van der Waals surface area contributed by atoms with E-state index in [1.165, 1.54) is 55.8 Å². The highest BCUT2D eigenvalue weighted by Gasteiger charge is 2.30. The summed E-state index contributed by atoms with van der Waals surface area (Å²) in [5.41, 5.74) is 1.26. The van der Waals surface area contributed by atoms with Crippen LogP contribution >= 0.6 is 0 Å². The molecule has 0 atom stereocenters. The van der Waals surface area contributed by atoms with Crippen LogP contribution in [0.1, 0.15) is 27.0 Å². The van der Waals surface area contributed by atoms with E-state index in [0.29, 0.717) is 48.7 Å². The Bertz CT molecular complexity index is 1470. The van der Waals surface area contributed by atoms with Gasteiger partial charge in [0.2, 0.25) is 5.91 Å². The number of carboxylic acid groups (broad SMARTS) is 1. The minimum Gasteiger partial charge on any atom is -0.497 e. The molecule has 204 valence electrons. The van der Waals surface area contributed by atoms with Crippen LogP contribution in [-0.4, -0.2) is 68.7 Å². The van der Waals surface area contributed by atoms with E-state index in [9.17, 15) is 23.1 Å². The lowest BCUT2D eigenvalue weighted by atomic mass is 10.0. The summed E-state index contributed by atoms with van der Waals surface area (Å²) in [6.07, 6.45) is 6.01. The third-order valence-corrected chi connectivity index (χ3v) is 8.00. The van der Waals surface area contributed by atoms with E-state index in [1.807, 2.05) is 0 Å². The molecule has 11 heteroatoms. The van der Waals surface area contributed by atoms with Gasteiger partial charge in [0.15, 0.2) is 0 Å². The summed E-state index contributed by atoms with van der Waals surface area (Å²) < 4.78 is 39.4. The number of carboxylic acids is 1. The molecule has 0 spiro atoms. The Kier molecular flexibility index (Phi) is 8.62. The number of hydrogen-bond donors (Lipinski definition) is 1. The highest BCUT2D eigenvalue weighted by molar-refractivity contribution is 7.92. The quantitative estimate of drug-likeness (QED) is 0.401. The number of aryl methyl sites for hydroxylation is 1.